The molecule has 0 radical (unpaired) electrons. The van der Waals surface area contributed by atoms with Crippen molar-refractivity contribution in [2.24, 2.45) is 0 Å². The minimum atomic E-state index is -3.31. The van der Waals surface area contributed by atoms with Crippen LogP contribution in [0, 0.1) is 0 Å². The van der Waals surface area contributed by atoms with Crippen molar-refractivity contribution in [3.63, 3.8) is 0 Å². The zero-order valence-corrected chi connectivity index (χ0v) is 9.65. The van der Waals surface area contributed by atoms with Gasteiger partial charge in [0, 0.05) is 0 Å². The normalized spacial score (nSPS) is 12.9. The molecule has 0 aliphatic heterocycles. The molecule has 3 nitrogen and oxygen atoms in total. The molecule has 0 unspecified atom stereocenters. The molecule has 0 N–H and O–H groups in total. The molecule has 0 rings (SSSR count). The van der Waals surface area contributed by atoms with E-state index in [2.05, 4.69) is 6.58 Å². The second-order valence-corrected chi connectivity index (χ2v) is 8.96. The summed E-state index contributed by atoms with van der Waals surface area (Å²) in [7, 11) is -5.48. The molecule has 0 heterocycles. The average Bonchev–Trinajstić information content (AvgIpc) is 1.85. The van der Waals surface area contributed by atoms with Crippen LogP contribution in [0.15, 0.2) is 12.3 Å². The Kier molecular flexibility index (Phi) is 4.16. The van der Waals surface area contributed by atoms with Gasteiger partial charge in [-0.1, -0.05) is 12.6 Å². The molecule has 0 saturated carbocycles. The summed E-state index contributed by atoms with van der Waals surface area (Å²) in [6, 6.07) is 0. The van der Waals surface area contributed by atoms with Gasteiger partial charge in [-0.2, -0.15) is 0 Å². The van der Waals surface area contributed by atoms with E-state index in [0.717, 1.165) is 0 Å². The summed E-state index contributed by atoms with van der Waals surface area (Å²) in [5, 5.41) is 0. The van der Waals surface area contributed by atoms with Crippen LogP contribution in [0.4, 0.5) is 0 Å². The van der Waals surface area contributed by atoms with Crippen LogP contribution in [0.2, 0.25) is 13.1 Å². The van der Waals surface area contributed by atoms with Crippen molar-refractivity contribution in [3.05, 3.63) is 12.3 Å². The molecule has 0 aromatic rings. The second kappa shape index (κ2) is 4.20. The van der Waals surface area contributed by atoms with E-state index in [4.69, 9.17) is 3.87 Å². The molecule has 0 aromatic heterocycles. The monoisotopic (exact) mass is 208 g/mol. The molecule has 0 bridgehead atoms. The van der Waals surface area contributed by atoms with Crippen LogP contribution in [0.5, 0.6) is 0 Å². The Morgan fingerprint density at radius 3 is 2.33 bits per heavy atom. The van der Waals surface area contributed by atoms with Gasteiger partial charge in [0.1, 0.15) is 0 Å². The lowest BCUT2D eigenvalue weighted by Crippen LogP contribution is -2.32. The Balaban J connectivity index is 4.35. The van der Waals surface area contributed by atoms with Crippen molar-refractivity contribution in [2.75, 3.05) is 5.75 Å². The smallest absolute Gasteiger partial charge is 0.258 e. The van der Waals surface area contributed by atoms with Crippen LogP contribution in [-0.2, 0) is 14.0 Å². The predicted octanol–water partition coefficient (Wildman–Crippen LogP) is 1.67. The summed E-state index contributed by atoms with van der Waals surface area (Å²) in [6.07, 6.45) is 0.587. The van der Waals surface area contributed by atoms with Crippen molar-refractivity contribution >= 4 is 18.4 Å². The summed E-state index contributed by atoms with van der Waals surface area (Å²) in [4.78, 5) is 0. The minimum Gasteiger partial charge on any atom is -0.310 e. The standard InChI is InChI=1S/C7H16O3SSi/c1-5-7-11(8,9)10-12(3,4)6-2/h6H,2,5,7H2,1,3-4H3. The van der Waals surface area contributed by atoms with Gasteiger partial charge in [-0.15, -0.1) is 6.58 Å². The van der Waals surface area contributed by atoms with Crippen molar-refractivity contribution in [1.29, 1.82) is 0 Å². The van der Waals surface area contributed by atoms with Gasteiger partial charge in [0.15, 0.2) is 0 Å². The topological polar surface area (TPSA) is 43.4 Å². The fraction of sp³-hybridized carbons (Fsp3) is 0.714. The predicted molar refractivity (Wildman–Crippen MR) is 52.8 cm³/mol. The highest BCUT2D eigenvalue weighted by Gasteiger charge is 2.25. The highest BCUT2D eigenvalue weighted by molar-refractivity contribution is 7.87. The number of rotatable bonds is 5. The van der Waals surface area contributed by atoms with Crippen molar-refractivity contribution in [3.8, 4) is 0 Å². The average molecular weight is 208 g/mol. The fourth-order valence-corrected chi connectivity index (χ4v) is 4.38. The van der Waals surface area contributed by atoms with E-state index >= 15 is 0 Å². The largest absolute Gasteiger partial charge is 0.310 e. The lowest BCUT2D eigenvalue weighted by molar-refractivity contribution is 0.487. The molecule has 12 heavy (non-hydrogen) atoms. The van der Waals surface area contributed by atoms with Crippen LogP contribution < -0.4 is 0 Å². The van der Waals surface area contributed by atoms with E-state index in [1.54, 1.807) is 18.8 Å². The molecule has 5 heteroatoms. The quantitative estimate of drug-likeness (QED) is 0.646. The summed E-state index contributed by atoms with van der Waals surface area (Å²) in [5.41, 5.74) is 1.61. The maximum absolute atomic E-state index is 11.2. The zero-order valence-electron chi connectivity index (χ0n) is 7.83. The van der Waals surface area contributed by atoms with Gasteiger partial charge in [-0.05, 0) is 19.5 Å². The third kappa shape index (κ3) is 4.69. The van der Waals surface area contributed by atoms with Crippen LogP contribution in [-0.4, -0.2) is 22.5 Å². The van der Waals surface area contributed by atoms with Gasteiger partial charge in [-0.25, -0.2) is 8.42 Å². The molecule has 0 amide bonds. The first-order valence-corrected chi connectivity index (χ1v) is 8.46. The van der Waals surface area contributed by atoms with Gasteiger partial charge in [-0.3, -0.25) is 0 Å². The molecule has 72 valence electrons. The van der Waals surface area contributed by atoms with Crippen molar-refractivity contribution < 1.29 is 12.3 Å². The van der Waals surface area contributed by atoms with E-state index in [1.807, 2.05) is 6.92 Å². The Labute approximate surface area is 75.7 Å². The Bertz CT molecular complexity index is 243. The Morgan fingerprint density at radius 1 is 1.50 bits per heavy atom. The van der Waals surface area contributed by atoms with Crippen molar-refractivity contribution in [2.45, 2.75) is 26.4 Å². The van der Waals surface area contributed by atoms with Gasteiger partial charge < -0.3 is 3.87 Å². The first-order valence-electron chi connectivity index (χ1n) is 3.90. The van der Waals surface area contributed by atoms with Crippen LogP contribution in [0.1, 0.15) is 13.3 Å². The van der Waals surface area contributed by atoms with Crippen LogP contribution >= 0.6 is 0 Å². The molecule has 0 aliphatic rings. The van der Waals surface area contributed by atoms with E-state index in [0.29, 0.717) is 6.42 Å². The lowest BCUT2D eigenvalue weighted by Gasteiger charge is -2.16. The van der Waals surface area contributed by atoms with Gasteiger partial charge in [0.05, 0.1) is 5.75 Å². The summed E-state index contributed by atoms with van der Waals surface area (Å²) < 4.78 is 27.3. The highest BCUT2D eigenvalue weighted by Crippen LogP contribution is 2.10. The fourth-order valence-electron chi connectivity index (χ4n) is 0.653. The molecular weight excluding hydrogens is 192 g/mol. The molecule has 0 atom stereocenters. The Morgan fingerprint density at radius 2 is 2.00 bits per heavy atom. The molecule has 0 aromatic carbocycles. The molecule has 0 saturated heterocycles. The summed E-state index contributed by atoms with van der Waals surface area (Å²) in [5.74, 6) is 0.0945. The van der Waals surface area contributed by atoms with E-state index in [9.17, 15) is 8.42 Å². The van der Waals surface area contributed by atoms with Crippen LogP contribution in [0.3, 0.4) is 0 Å². The summed E-state index contributed by atoms with van der Waals surface area (Å²) >= 11 is 0. The van der Waals surface area contributed by atoms with Crippen LogP contribution in [0.25, 0.3) is 0 Å². The maximum Gasteiger partial charge on any atom is 0.258 e. The van der Waals surface area contributed by atoms with E-state index in [1.165, 1.54) is 0 Å². The number of hydrogen-bond acceptors (Lipinski definition) is 3. The van der Waals surface area contributed by atoms with E-state index in [-0.39, 0.29) is 5.75 Å². The lowest BCUT2D eigenvalue weighted by atomic mass is 10.6. The SMILES string of the molecule is C=C[Si](C)(C)OS(=O)(=O)CCC. The van der Waals surface area contributed by atoms with Gasteiger partial charge in [0.25, 0.3) is 10.1 Å². The van der Waals surface area contributed by atoms with Gasteiger partial charge in [0.2, 0.25) is 8.32 Å². The second-order valence-electron chi connectivity index (χ2n) is 3.15. The summed E-state index contributed by atoms with van der Waals surface area (Å²) in [6.45, 7) is 8.96. The third-order valence-electron chi connectivity index (χ3n) is 1.29. The minimum absolute atomic E-state index is 0.0945. The number of hydrogen-bond donors (Lipinski definition) is 0. The highest BCUT2D eigenvalue weighted by atomic mass is 32.2. The maximum atomic E-state index is 11.2. The third-order valence-corrected chi connectivity index (χ3v) is 5.91. The molecule has 0 aliphatic carbocycles. The zero-order chi connectivity index (χ0) is 9.83. The first kappa shape index (κ1) is 11.9. The molecular formula is C7H16O3SSi. The molecule has 0 fully saturated rings. The van der Waals surface area contributed by atoms with Crippen molar-refractivity contribution in [1.82, 2.24) is 0 Å². The van der Waals surface area contributed by atoms with E-state index < -0.39 is 18.4 Å². The Hall–Kier alpha value is -0.133. The molecule has 0 spiro atoms. The first-order chi connectivity index (χ1) is 5.33. The van der Waals surface area contributed by atoms with Gasteiger partial charge >= 0.3 is 0 Å².